The third-order valence-electron chi connectivity index (χ3n) is 4.73. The molecule has 1 aliphatic carbocycles. The predicted octanol–water partition coefficient (Wildman–Crippen LogP) is 4.03. The van der Waals surface area contributed by atoms with Crippen molar-refractivity contribution in [3.8, 4) is 11.3 Å². The van der Waals surface area contributed by atoms with Crippen LogP contribution in [0.2, 0.25) is 5.15 Å². The number of fused-ring (bicyclic) bond motifs is 1. The number of aromatic nitrogens is 3. The van der Waals surface area contributed by atoms with Gasteiger partial charge in [0.15, 0.2) is 10.8 Å². The van der Waals surface area contributed by atoms with Gasteiger partial charge in [0.25, 0.3) is 5.91 Å². The Bertz CT molecular complexity index is 995. The van der Waals surface area contributed by atoms with Crippen LogP contribution in [0.25, 0.3) is 16.9 Å². The van der Waals surface area contributed by atoms with Gasteiger partial charge in [0, 0.05) is 17.3 Å². The van der Waals surface area contributed by atoms with Gasteiger partial charge in [0.1, 0.15) is 11.4 Å². The molecule has 1 N–H and O–H groups in total. The number of amides is 1. The smallest absolute Gasteiger partial charge is 0.258 e. The molecule has 0 saturated heterocycles. The first-order chi connectivity index (χ1) is 12.4. The molecule has 0 radical (unpaired) electrons. The highest BCUT2D eigenvalue weighted by molar-refractivity contribution is 6.33. The Kier molecular flexibility index (Phi) is 4.15. The molecule has 7 heteroatoms. The van der Waals surface area contributed by atoms with Crippen LogP contribution in [0.1, 0.15) is 35.8 Å². The molecular weight excluding hydrogens is 355 g/mol. The summed E-state index contributed by atoms with van der Waals surface area (Å²) in [6.45, 7) is 3.83. The molecule has 1 aromatic carbocycles. The van der Waals surface area contributed by atoms with E-state index in [4.69, 9.17) is 11.6 Å². The fourth-order valence-electron chi connectivity index (χ4n) is 3.13. The van der Waals surface area contributed by atoms with E-state index >= 15 is 0 Å². The third kappa shape index (κ3) is 3.05. The number of halogens is 2. The highest BCUT2D eigenvalue weighted by atomic mass is 35.5. The SMILES string of the molecule is Cc1cc(-c2ccc(F)cc2)n2nc(Cl)c(C(=O)NC(C)C3CC3)c2n1. The molecule has 1 fully saturated rings. The number of hydrogen-bond acceptors (Lipinski definition) is 3. The minimum absolute atomic E-state index is 0.0925. The number of carbonyl (C=O) groups excluding carboxylic acids is 1. The molecule has 1 atom stereocenters. The van der Waals surface area contributed by atoms with Crippen molar-refractivity contribution < 1.29 is 9.18 Å². The van der Waals surface area contributed by atoms with Crippen molar-refractivity contribution in [2.24, 2.45) is 5.92 Å². The largest absolute Gasteiger partial charge is 0.349 e. The Morgan fingerprint density at radius 1 is 1.35 bits per heavy atom. The molecule has 1 aliphatic rings. The van der Waals surface area contributed by atoms with Crippen LogP contribution in [0.4, 0.5) is 4.39 Å². The monoisotopic (exact) mass is 372 g/mol. The zero-order chi connectivity index (χ0) is 18.4. The summed E-state index contributed by atoms with van der Waals surface area (Å²) in [5.74, 6) is -0.0556. The van der Waals surface area contributed by atoms with Crippen molar-refractivity contribution >= 4 is 23.2 Å². The van der Waals surface area contributed by atoms with E-state index in [1.165, 1.54) is 12.1 Å². The fourth-order valence-corrected chi connectivity index (χ4v) is 3.37. The molecule has 1 saturated carbocycles. The van der Waals surface area contributed by atoms with E-state index in [9.17, 15) is 9.18 Å². The number of hydrogen-bond donors (Lipinski definition) is 1. The van der Waals surface area contributed by atoms with Gasteiger partial charge >= 0.3 is 0 Å². The first-order valence-corrected chi connectivity index (χ1v) is 8.94. The van der Waals surface area contributed by atoms with Gasteiger partial charge in [-0.15, -0.1) is 0 Å². The summed E-state index contributed by atoms with van der Waals surface area (Å²) in [4.78, 5) is 17.2. The minimum Gasteiger partial charge on any atom is -0.349 e. The predicted molar refractivity (Wildman–Crippen MR) is 97.8 cm³/mol. The lowest BCUT2D eigenvalue weighted by atomic mass is 10.1. The van der Waals surface area contributed by atoms with Crippen LogP contribution in [0.5, 0.6) is 0 Å². The molecule has 1 unspecified atom stereocenters. The Hall–Kier alpha value is -2.47. The zero-order valence-electron chi connectivity index (χ0n) is 14.5. The number of aryl methyl sites for hydroxylation is 1. The normalized spacial score (nSPS) is 15.2. The lowest BCUT2D eigenvalue weighted by Crippen LogP contribution is -2.34. The molecule has 0 aliphatic heterocycles. The maximum absolute atomic E-state index is 13.3. The summed E-state index contributed by atoms with van der Waals surface area (Å²) in [5, 5.41) is 7.41. The summed E-state index contributed by atoms with van der Waals surface area (Å²) < 4.78 is 14.8. The quantitative estimate of drug-likeness (QED) is 0.752. The van der Waals surface area contributed by atoms with E-state index in [-0.39, 0.29) is 28.5 Å². The van der Waals surface area contributed by atoms with Gasteiger partial charge in [-0.05, 0) is 62.9 Å². The Labute approximate surface area is 155 Å². The Morgan fingerprint density at radius 2 is 2.04 bits per heavy atom. The number of rotatable bonds is 4. The van der Waals surface area contributed by atoms with Crippen molar-refractivity contribution in [1.29, 1.82) is 0 Å². The second-order valence-electron chi connectivity index (χ2n) is 6.79. The minimum atomic E-state index is -0.316. The molecule has 0 spiro atoms. The van der Waals surface area contributed by atoms with Gasteiger partial charge in [-0.2, -0.15) is 5.10 Å². The van der Waals surface area contributed by atoms with Crippen molar-refractivity contribution in [2.75, 3.05) is 0 Å². The van der Waals surface area contributed by atoms with Crippen LogP contribution in [0, 0.1) is 18.7 Å². The lowest BCUT2D eigenvalue weighted by molar-refractivity contribution is 0.0937. The van der Waals surface area contributed by atoms with Crippen LogP contribution in [0.15, 0.2) is 30.3 Å². The Morgan fingerprint density at radius 3 is 2.69 bits per heavy atom. The average Bonchev–Trinajstić information content (AvgIpc) is 3.38. The number of nitrogens with one attached hydrogen (secondary N) is 1. The molecule has 4 rings (SSSR count). The van der Waals surface area contributed by atoms with Gasteiger partial charge in [-0.25, -0.2) is 13.9 Å². The van der Waals surface area contributed by atoms with Gasteiger partial charge < -0.3 is 5.32 Å². The van der Waals surface area contributed by atoms with E-state index in [1.54, 1.807) is 16.6 Å². The second kappa shape index (κ2) is 6.36. The van der Waals surface area contributed by atoms with E-state index < -0.39 is 0 Å². The maximum atomic E-state index is 13.3. The highest BCUT2D eigenvalue weighted by Crippen LogP contribution is 2.33. The zero-order valence-corrected chi connectivity index (χ0v) is 15.2. The van der Waals surface area contributed by atoms with E-state index in [0.29, 0.717) is 17.3 Å². The van der Waals surface area contributed by atoms with Crippen LogP contribution < -0.4 is 5.32 Å². The molecule has 2 aromatic heterocycles. The van der Waals surface area contributed by atoms with Crippen molar-refractivity contribution in [3.63, 3.8) is 0 Å². The molecule has 26 heavy (non-hydrogen) atoms. The van der Waals surface area contributed by atoms with Crippen LogP contribution in [-0.2, 0) is 0 Å². The second-order valence-corrected chi connectivity index (χ2v) is 7.15. The van der Waals surface area contributed by atoms with Gasteiger partial charge in [0.2, 0.25) is 0 Å². The summed E-state index contributed by atoms with van der Waals surface area (Å²) in [5.41, 5.74) is 2.85. The van der Waals surface area contributed by atoms with Gasteiger partial charge in [-0.1, -0.05) is 11.6 Å². The van der Waals surface area contributed by atoms with E-state index in [2.05, 4.69) is 15.4 Å². The average molecular weight is 373 g/mol. The number of carbonyl (C=O) groups is 1. The van der Waals surface area contributed by atoms with Crippen LogP contribution >= 0.6 is 11.6 Å². The molecule has 1 amide bonds. The summed E-state index contributed by atoms with van der Waals surface area (Å²) in [6, 6.07) is 8.01. The number of benzene rings is 1. The molecule has 134 valence electrons. The Balaban J connectivity index is 1.81. The summed E-state index contributed by atoms with van der Waals surface area (Å²) in [6.07, 6.45) is 2.27. The number of nitrogens with zero attached hydrogens (tertiary/aromatic N) is 3. The molecule has 0 bridgehead atoms. The standard InChI is InChI=1S/C19H18ClFN4O/c1-10-9-15(13-5-7-14(21)8-6-13)25-18(22-10)16(17(20)24-25)19(26)23-11(2)12-3-4-12/h5-9,11-12H,3-4H2,1-2H3,(H,23,26). The highest BCUT2D eigenvalue weighted by Gasteiger charge is 2.31. The van der Waals surface area contributed by atoms with Crippen LogP contribution in [-0.4, -0.2) is 26.5 Å². The third-order valence-corrected chi connectivity index (χ3v) is 4.99. The summed E-state index contributed by atoms with van der Waals surface area (Å²) >= 11 is 6.29. The van der Waals surface area contributed by atoms with Crippen molar-refractivity contribution in [3.05, 3.63) is 52.6 Å². The molecule has 2 heterocycles. The molecular formula is C19H18ClFN4O. The van der Waals surface area contributed by atoms with Crippen molar-refractivity contribution in [1.82, 2.24) is 19.9 Å². The van der Waals surface area contributed by atoms with Crippen molar-refractivity contribution in [2.45, 2.75) is 32.7 Å². The molecule has 3 aromatic rings. The first-order valence-electron chi connectivity index (χ1n) is 8.56. The van der Waals surface area contributed by atoms with E-state index in [0.717, 1.165) is 24.1 Å². The van der Waals surface area contributed by atoms with Gasteiger partial charge in [-0.3, -0.25) is 4.79 Å². The first kappa shape index (κ1) is 17.0. The van der Waals surface area contributed by atoms with E-state index in [1.807, 2.05) is 19.9 Å². The fraction of sp³-hybridized carbons (Fsp3) is 0.316. The summed E-state index contributed by atoms with van der Waals surface area (Å²) in [7, 11) is 0. The topological polar surface area (TPSA) is 59.3 Å². The molecule has 5 nitrogen and oxygen atoms in total. The van der Waals surface area contributed by atoms with Crippen LogP contribution in [0.3, 0.4) is 0 Å². The lowest BCUT2D eigenvalue weighted by Gasteiger charge is -2.12. The van der Waals surface area contributed by atoms with Gasteiger partial charge in [0.05, 0.1) is 5.69 Å². The maximum Gasteiger partial charge on any atom is 0.258 e.